The maximum absolute atomic E-state index is 12.4. The number of piperidine rings is 1. The molecule has 0 bridgehead atoms. The molecular formula is C20H27N3O3. The molecule has 0 unspecified atom stereocenters. The summed E-state index contributed by atoms with van der Waals surface area (Å²) >= 11 is 0. The van der Waals surface area contributed by atoms with Crippen molar-refractivity contribution in [1.82, 2.24) is 15.1 Å². The van der Waals surface area contributed by atoms with E-state index in [4.69, 9.17) is 4.42 Å². The van der Waals surface area contributed by atoms with Crippen LogP contribution in [0.1, 0.15) is 50.0 Å². The number of aliphatic hydroxyl groups is 1. The minimum absolute atomic E-state index is 0.0338. The topological polar surface area (TPSA) is 79.5 Å². The summed E-state index contributed by atoms with van der Waals surface area (Å²) in [6.07, 6.45) is 1.96. The summed E-state index contributed by atoms with van der Waals surface area (Å²) in [5.74, 6) is 1.52. The lowest BCUT2D eigenvalue weighted by atomic mass is 9.88. The van der Waals surface area contributed by atoms with E-state index in [1.807, 2.05) is 32.0 Å². The number of rotatable bonds is 6. The van der Waals surface area contributed by atoms with Gasteiger partial charge in [-0.2, -0.15) is 0 Å². The highest BCUT2D eigenvalue weighted by Gasteiger charge is 2.30. The lowest BCUT2D eigenvalue weighted by Gasteiger charge is -2.36. The molecule has 3 rings (SSSR count). The van der Waals surface area contributed by atoms with Crippen LogP contribution in [0, 0.1) is 5.92 Å². The number of amides is 1. The number of nitrogens with zero attached hydrogens (tertiary/aromatic N) is 3. The van der Waals surface area contributed by atoms with E-state index in [2.05, 4.69) is 22.3 Å². The van der Waals surface area contributed by atoms with Crippen molar-refractivity contribution in [2.24, 2.45) is 5.92 Å². The number of aromatic nitrogens is 2. The number of aliphatic hydroxyl groups excluding tert-OH is 1. The van der Waals surface area contributed by atoms with Gasteiger partial charge in [0.25, 0.3) is 0 Å². The fourth-order valence-electron chi connectivity index (χ4n) is 3.33. The van der Waals surface area contributed by atoms with Crippen LogP contribution < -0.4 is 0 Å². The number of benzene rings is 1. The van der Waals surface area contributed by atoms with Gasteiger partial charge < -0.3 is 14.4 Å². The van der Waals surface area contributed by atoms with Crippen molar-refractivity contribution in [1.29, 1.82) is 0 Å². The zero-order valence-corrected chi connectivity index (χ0v) is 15.5. The van der Waals surface area contributed by atoms with E-state index in [0.29, 0.717) is 37.7 Å². The quantitative estimate of drug-likeness (QED) is 0.859. The smallest absolute Gasteiger partial charge is 0.223 e. The monoisotopic (exact) mass is 357 g/mol. The first-order valence-corrected chi connectivity index (χ1v) is 9.35. The Morgan fingerprint density at radius 2 is 2.08 bits per heavy atom. The average Bonchev–Trinajstić information content (AvgIpc) is 3.11. The molecule has 6 nitrogen and oxygen atoms in total. The number of likely N-dealkylation sites (tertiary alicyclic amines) is 1. The lowest BCUT2D eigenvalue weighted by molar-refractivity contribution is -0.135. The number of hydrogen-bond acceptors (Lipinski definition) is 5. The number of β-amino-alcohol motifs (C(OH)–C–C–N with tert-alkyl or cyclic N) is 1. The molecule has 1 fully saturated rings. The van der Waals surface area contributed by atoms with Crippen molar-refractivity contribution in [3.63, 3.8) is 0 Å². The van der Waals surface area contributed by atoms with Crippen LogP contribution in [-0.2, 0) is 17.6 Å². The summed E-state index contributed by atoms with van der Waals surface area (Å²) in [7, 11) is 0. The van der Waals surface area contributed by atoms with Crippen molar-refractivity contribution in [3.05, 3.63) is 47.7 Å². The minimum Gasteiger partial charge on any atom is -0.425 e. The Labute approximate surface area is 154 Å². The standard InChI is InChI=1S/C20H27N3O3/c1-14(2)20-22-21-18(26-20)8-9-19(25)23-11-10-16(17(24)13-23)12-15-6-4-3-5-7-15/h3-7,14,16-17,24H,8-13H2,1-2H3/t16-,17-/m1/s1. The largest absolute Gasteiger partial charge is 0.425 e. The summed E-state index contributed by atoms with van der Waals surface area (Å²) in [4.78, 5) is 14.2. The normalized spacial score (nSPS) is 20.5. The molecule has 2 aromatic rings. The second kappa shape index (κ2) is 8.45. The van der Waals surface area contributed by atoms with E-state index in [1.54, 1.807) is 4.90 Å². The first-order valence-electron chi connectivity index (χ1n) is 9.35. The molecule has 26 heavy (non-hydrogen) atoms. The van der Waals surface area contributed by atoms with Crippen LogP contribution >= 0.6 is 0 Å². The molecule has 140 valence electrons. The fourth-order valence-corrected chi connectivity index (χ4v) is 3.33. The van der Waals surface area contributed by atoms with Gasteiger partial charge in [0.05, 0.1) is 6.10 Å². The SMILES string of the molecule is CC(C)c1nnc(CCC(=O)N2CC[C@H](Cc3ccccc3)[C@H](O)C2)o1. The Morgan fingerprint density at radius 1 is 1.31 bits per heavy atom. The van der Waals surface area contributed by atoms with Crippen LogP contribution in [0.3, 0.4) is 0 Å². The highest BCUT2D eigenvalue weighted by molar-refractivity contribution is 5.76. The number of carbonyl (C=O) groups is 1. The molecule has 6 heteroatoms. The van der Waals surface area contributed by atoms with Crippen molar-refractivity contribution in [2.75, 3.05) is 13.1 Å². The van der Waals surface area contributed by atoms with Gasteiger partial charge in [-0.3, -0.25) is 4.79 Å². The molecule has 0 aliphatic carbocycles. The first kappa shape index (κ1) is 18.6. The van der Waals surface area contributed by atoms with Crippen molar-refractivity contribution in [2.45, 2.75) is 51.6 Å². The van der Waals surface area contributed by atoms with E-state index in [0.717, 1.165) is 12.8 Å². The maximum Gasteiger partial charge on any atom is 0.223 e. The van der Waals surface area contributed by atoms with Gasteiger partial charge >= 0.3 is 0 Å². The predicted octanol–water partition coefficient (Wildman–Crippen LogP) is 2.58. The van der Waals surface area contributed by atoms with Crippen molar-refractivity contribution < 1.29 is 14.3 Å². The van der Waals surface area contributed by atoms with Crippen LogP contribution in [0.4, 0.5) is 0 Å². The third-order valence-electron chi connectivity index (χ3n) is 4.94. The number of hydrogen-bond donors (Lipinski definition) is 1. The van der Waals surface area contributed by atoms with E-state index < -0.39 is 6.10 Å². The second-order valence-electron chi connectivity index (χ2n) is 7.33. The molecule has 1 amide bonds. The van der Waals surface area contributed by atoms with Crippen molar-refractivity contribution >= 4 is 5.91 Å². The van der Waals surface area contributed by atoms with Gasteiger partial charge in [0.1, 0.15) is 0 Å². The number of aryl methyl sites for hydroxylation is 1. The van der Waals surface area contributed by atoms with E-state index >= 15 is 0 Å². The highest BCUT2D eigenvalue weighted by Crippen LogP contribution is 2.23. The maximum atomic E-state index is 12.4. The van der Waals surface area contributed by atoms with Crippen LogP contribution in [-0.4, -0.2) is 45.3 Å². The van der Waals surface area contributed by atoms with E-state index in [-0.39, 0.29) is 17.7 Å². The molecule has 2 atom stereocenters. The molecule has 0 saturated carbocycles. The average molecular weight is 357 g/mol. The Bertz CT molecular complexity index is 714. The predicted molar refractivity (Wildman–Crippen MR) is 97.5 cm³/mol. The number of carbonyl (C=O) groups excluding carboxylic acids is 1. The van der Waals surface area contributed by atoms with Crippen LogP contribution in [0.5, 0.6) is 0 Å². The second-order valence-corrected chi connectivity index (χ2v) is 7.33. The molecule has 1 aromatic heterocycles. The van der Waals surface area contributed by atoms with Gasteiger partial charge in [-0.1, -0.05) is 44.2 Å². The van der Waals surface area contributed by atoms with Crippen LogP contribution in [0.15, 0.2) is 34.7 Å². The third kappa shape index (κ3) is 4.69. The Kier molecular flexibility index (Phi) is 6.04. The van der Waals surface area contributed by atoms with Gasteiger partial charge in [-0.05, 0) is 24.3 Å². The zero-order chi connectivity index (χ0) is 18.5. The molecule has 1 aliphatic heterocycles. The minimum atomic E-state index is -0.483. The van der Waals surface area contributed by atoms with Gasteiger partial charge in [0.2, 0.25) is 17.7 Å². The molecule has 1 aromatic carbocycles. The summed E-state index contributed by atoms with van der Waals surface area (Å²) in [6.45, 7) is 5.07. The van der Waals surface area contributed by atoms with Crippen molar-refractivity contribution in [3.8, 4) is 0 Å². The van der Waals surface area contributed by atoms with Gasteiger partial charge in [-0.25, -0.2) is 0 Å². The Hall–Kier alpha value is -2.21. The summed E-state index contributed by atoms with van der Waals surface area (Å²) < 4.78 is 5.55. The molecule has 2 heterocycles. The summed E-state index contributed by atoms with van der Waals surface area (Å²) in [6, 6.07) is 10.2. The Morgan fingerprint density at radius 3 is 2.73 bits per heavy atom. The van der Waals surface area contributed by atoms with E-state index in [9.17, 15) is 9.90 Å². The fraction of sp³-hybridized carbons (Fsp3) is 0.550. The molecule has 0 spiro atoms. The van der Waals surface area contributed by atoms with Crippen LogP contribution in [0.25, 0.3) is 0 Å². The zero-order valence-electron chi connectivity index (χ0n) is 15.5. The van der Waals surface area contributed by atoms with Gasteiger partial charge in [0, 0.05) is 31.8 Å². The molecular weight excluding hydrogens is 330 g/mol. The highest BCUT2D eigenvalue weighted by atomic mass is 16.4. The van der Waals surface area contributed by atoms with Gasteiger partial charge in [-0.15, -0.1) is 10.2 Å². The molecule has 1 saturated heterocycles. The first-order chi connectivity index (χ1) is 12.5. The van der Waals surface area contributed by atoms with Gasteiger partial charge in [0.15, 0.2) is 0 Å². The molecule has 1 aliphatic rings. The molecule has 0 radical (unpaired) electrons. The molecule has 1 N–H and O–H groups in total. The third-order valence-corrected chi connectivity index (χ3v) is 4.94. The van der Waals surface area contributed by atoms with Crippen LogP contribution in [0.2, 0.25) is 0 Å². The van der Waals surface area contributed by atoms with E-state index in [1.165, 1.54) is 5.56 Å². The lowest BCUT2D eigenvalue weighted by Crippen LogP contribution is -2.47. The summed E-state index contributed by atoms with van der Waals surface area (Å²) in [5.41, 5.74) is 1.23. The Balaban J connectivity index is 1.47. The summed E-state index contributed by atoms with van der Waals surface area (Å²) in [5, 5.41) is 18.4.